The SMILES string of the molecule is Cc1nc(N2CCC(C(=O)NC3CCOCC3)C2)c2cnn(C)c2n1. The molecular weight excluding hydrogens is 320 g/mol. The molecule has 2 aliphatic heterocycles. The van der Waals surface area contributed by atoms with E-state index in [0.717, 1.165) is 61.7 Å². The van der Waals surface area contributed by atoms with Gasteiger partial charge in [0, 0.05) is 39.4 Å². The molecule has 0 spiro atoms. The van der Waals surface area contributed by atoms with Crippen LogP contribution in [0.5, 0.6) is 0 Å². The van der Waals surface area contributed by atoms with E-state index in [1.165, 1.54) is 0 Å². The van der Waals surface area contributed by atoms with Crippen molar-refractivity contribution in [1.29, 1.82) is 0 Å². The van der Waals surface area contributed by atoms with Gasteiger partial charge in [0.1, 0.15) is 11.6 Å². The van der Waals surface area contributed by atoms with Gasteiger partial charge in [-0.25, -0.2) is 9.97 Å². The van der Waals surface area contributed by atoms with E-state index in [2.05, 4.69) is 25.3 Å². The monoisotopic (exact) mass is 344 g/mol. The van der Waals surface area contributed by atoms with Crippen LogP contribution in [0.25, 0.3) is 11.0 Å². The maximum Gasteiger partial charge on any atom is 0.225 e. The normalized spacial score (nSPS) is 21.8. The van der Waals surface area contributed by atoms with Gasteiger partial charge in [-0.1, -0.05) is 0 Å². The van der Waals surface area contributed by atoms with Crippen LogP contribution in [0.2, 0.25) is 0 Å². The lowest BCUT2D eigenvalue weighted by Gasteiger charge is -2.24. The average Bonchev–Trinajstić information content (AvgIpc) is 3.23. The third-order valence-corrected chi connectivity index (χ3v) is 5.11. The summed E-state index contributed by atoms with van der Waals surface area (Å²) in [5, 5.41) is 8.43. The van der Waals surface area contributed by atoms with Gasteiger partial charge in [-0.15, -0.1) is 0 Å². The van der Waals surface area contributed by atoms with Crippen molar-refractivity contribution in [2.24, 2.45) is 13.0 Å². The molecule has 2 aromatic heterocycles. The topological polar surface area (TPSA) is 85.2 Å². The summed E-state index contributed by atoms with van der Waals surface area (Å²) in [7, 11) is 1.88. The van der Waals surface area contributed by atoms with Crippen LogP contribution in [0.15, 0.2) is 6.20 Å². The molecule has 8 nitrogen and oxygen atoms in total. The van der Waals surface area contributed by atoms with Gasteiger partial charge >= 0.3 is 0 Å². The molecule has 0 aliphatic carbocycles. The maximum absolute atomic E-state index is 12.6. The molecule has 0 radical (unpaired) electrons. The zero-order valence-electron chi connectivity index (χ0n) is 14.7. The van der Waals surface area contributed by atoms with Gasteiger partial charge in [-0.3, -0.25) is 9.48 Å². The molecule has 2 saturated heterocycles. The van der Waals surface area contributed by atoms with Crippen LogP contribution in [-0.2, 0) is 16.6 Å². The molecule has 1 amide bonds. The lowest BCUT2D eigenvalue weighted by Crippen LogP contribution is -2.42. The molecule has 134 valence electrons. The highest BCUT2D eigenvalue weighted by Gasteiger charge is 2.31. The molecule has 0 saturated carbocycles. The fourth-order valence-corrected chi connectivity index (χ4v) is 3.68. The number of nitrogens with one attached hydrogen (secondary N) is 1. The Morgan fingerprint density at radius 1 is 1.28 bits per heavy atom. The van der Waals surface area contributed by atoms with E-state index in [0.29, 0.717) is 6.54 Å². The van der Waals surface area contributed by atoms with Gasteiger partial charge in [-0.2, -0.15) is 5.10 Å². The number of carbonyl (C=O) groups is 1. The largest absolute Gasteiger partial charge is 0.381 e. The van der Waals surface area contributed by atoms with Crippen molar-refractivity contribution in [3.63, 3.8) is 0 Å². The van der Waals surface area contributed by atoms with Gasteiger partial charge in [0.15, 0.2) is 5.65 Å². The number of aromatic nitrogens is 4. The molecule has 4 rings (SSSR count). The van der Waals surface area contributed by atoms with Crippen molar-refractivity contribution in [1.82, 2.24) is 25.1 Å². The molecule has 25 heavy (non-hydrogen) atoms. The Morgan fingerprint density at radius 2 is 2.08 bits per heavy atom. The fraction of sp³-hybridized carbons (Fsp3) is 0.647. The van der Waals surface area contributed by atoms with Crippen molar-refractivity contribution >= 4 is 22.8 Å². The summed E-state index contributed by atoms with van der Waals surface area (Å²) in [4.78, 5) is 23.9. The molecule has 8 heteroatoms. The summed E-state index contributed by atoms with van der Waals surface area (Å²) < 4.78 is 7.12. The number of aryl methyl sites for hydroxylation is 2. The second kappa shape index (κ2) is 6.59. The Kier molecular flexibility index (Phi) is 4.29. The second-order valence-corrected chi connectivity index (χ2v) is 6.93. The maximum atomic E-state index is 12.6. The van der Waals surface area contributed by atoms with E-state index in [1.807, 2.05) is 14.0 Å². The summed E-state index contributed by atoms with van der Waals surface area (Å²) in [6, 6.07) is 0.252. The van der Waals surface area contributed by atoms with Gasteiger partial charge < -0.3 is 15.0 Å². The molecule has 0 bridgehead atoms. The number of carbonyl (C=O) groups excluding carboxylic acids is 1. The average molecular weight is 344 g/mol. The summed E-state index contributed by atoms with van der Waals surface area (Å²) in [6.45, 7) is 4.88. The number of ether oxygens (including phenoxy) is 1. The first-order chi connectivity index (χ1) is 12.1. The fourth-order valence-electron chi connectivity index (χ4n) is 3.68. The van der Waals surface area contributed by atoms with E-state index in [9.17, 15) is 4.79 Å². The van der Waals surface area contributed by atoms with Gasteiger partial charge in [0.05, 0.1) is 17.5 Å². The summed E-state index contributed by atoms with van der Waals surface area (Å²) in [5.74, 6) is 1.77. The highest BCUT2D eigenvalue weighted by atomic mass is 16.5. The molecule has 1 atom stereocenters. The van der Waals surface area contributed by atoms with Gasteiger partial charge in [0.25, 0.3) is 0 Å². The van der Waals surface area contributed by atoms with E-state index in [-0.39, 0.29) is 17.9 Å². The first kappa shape index (κ1) is 16.3. The van der Waals surface area contributed by atoms with Crippen molar-refractivity contribution in [3.05, 3.63) is 12.0 Å². The number of hydrogen-bond acceptors (Lipinski definition) is 6. The minimum absolute atomic E-state index is 0.00448. The summed E-state index contributed by atoms with van der Waals surface area (Å²) >= 11 is 0. The van der Waals surface area contributed by atoms with E-state index < -0.39 is 0 Å². The number of hydrogen-bond donors (Lipinski definition) is 1. The molecule has 0 aromatic carbocycles. The smallest absolute Gasteiger partial charge is 0.225 e. The van der Waals surface area contributed by atoms with Crippen LogP contribution < -0.4 is 10.2 Å². The molecular formula is C17H24N6O2. The second-order valence-electron chi connectivity index (χ2n) is 6.93. The molecule has 2 aromatic rings. The summed E-state index contributed by atoms with van der Waals surface area (Å²) in [5.41, 5.74) is 0.831. The number of rotatable bonds is 3. The Labute approximate surface area is 146 Å². The Hall–Kier alpha value is -2.22. The van der Waals surface area contributed by atoms with Crippen LogP contribution in [-0.4, -0.2) is 58.0 Å². The Balaban J connectivity index is 1.48. The molecule has 1 unspecified atom stereocenters. The Morgan fingerprint density at radius 3 is 2.88 bits per heavy atom. The van der Waals surface area contributed by atoms with Crippen molar-refractivity contribution in [2.45, 2.75) is 32.2 Å². The van der Waals surface area contributed by atoms with Crippen LogP contribution in [0.1, 0.15) is 25.1 Å². The van der Waals surface area contributed by atoms with Gasteiger partial charge in [0.2, 0.25) is 5.91 Å². The minimum Gasteiger partial charge on any atom is -0.381 e. The predicted octanol–water partition coefficient (Wildman–Crippen LogP) is 0.793. The van der Waals surface area contributed by atoms with Crippen LogP contribution in [0, 0.1) is 12.8 Å². The van der Waals surface area contributed by atoms with E-state index >= 15 is 0 Å². The first-order valence-corrected chi connectivity index (χ1v) is 8.91. The first-order valence-electron chi connectivity index (χ1n) is 8.91. The van der Waals surface area contributed by atoms with Crippen LogP contribution in [0.4, 0.5) is 5.82 Å². The van der Waals surface area contributed by atoms with Gasteiger partial charge in [-0.05, 0) is 26.2 Å². The standard InChI is InChI=1S/C17H24N6O2/c1-11-19-15-14(9-18-22(15)2)16(20-11)23-6-3-12(10-23)17(24)21-13-4-7-25-8-5-13/h9,12-13H,3-8,10H2,1-2H3,(H,21,24). The lowest BCUT2D eigenvalue weighted by molar-refractivity contribution is -0.125. The van der Waals surface area contributed by atoms with Crippen LogP contribution >= 0.6 is 0 Å². The molecule has 2 fully saturated rings. The van der Waals surface area contributed by atoms with Crippen molar-refractivity contribution in [2.75, 3.05) is 31.2 Å². The Bertz CT molecular complexity index is 783. The molecule has 2 aliphatic rings. The third-order valence-electron chi connectivity index (χ3n) is 5.11. The number of amides is 1. The predicted molar refractivity (Wildman–Crippen MR) is 93.3 cm³/mol. The number of nitrogens with zero attached hydrogens (tertiary/aromatic N) is 5. The van der Waals surface area contributed by atoms with E-state index in [1.54, 1.807) is 10.9 Å². The van der Waals surface area contributed by atoms with E-state index in [4.69, 9.17) is 4.74 Å². The zero-order chi connectivity index (χ0) is 17.4. The number of fused-ring (bicyclic) bond motifs is 1. The van der Waals surface area contributed by atoms with Crippen molar-refractivity contribution in [3.8, 4) is 0 Å². The highest BCUT2D eigenvalue weighted by Crippen LogP contribution is 2.28. The zero-order valence-corrected chi connectivity index (χ0v) is 14.7. The van der Waals surface area contributed by atoms with Crippen LogP contribution in [0.3, 0.4) is 0 Å². The third kappa shape index (κ3) is 3.18. The number of anilines is 1. The minimum atomic E-state index is 0.00448. The molecule has 4 heterocycles. The van der Waals surface area contributed by atoms with Crippen molar-refractivity contribution < 1.29 is 9.53 Å². The highest BCUT2D eigenvalue weighted by molar-refractivity contribution is 5.88. The lowest BCUT2D eigenvalue weighted by atomic mass is 10.1. The molecule has 1 N–H and O–H groups in total. The quantitative estimate of drug-likeness (QED) is 0.886. The summed E-state index contributed by atoms with van der Waals surface area (Å²) in [6.07, 6.45) is 4.46.